The normalized spacial score (nSPS) is 10.3. The van der Waals surface area contributed by atoms with Crippen molar-refractivity contribution in [2.75, 3.05) is 5.32 Å². The van der Waals surface area contributed by atoms with Crippen molar-refractivity contribution in [1.82, 2.24) is 4.98 Å². The number of thiophene rings is 1. The average molecular weight is 218 g/mol. The van der Waals surface area contributed by atoms with E-state index < -0.39 is 0 Å². The molecule has 0 unspecified atom stereocenters. The Bertz CT molecular complexity index is 434. The molecule has 0 aromatic carbocycles. The Morgan fingerprint density at radius 3 is 2.87 bits per heavy atom. The van der Waals surface area contributed by atoms with Crippen molar-refractivity contribution in [2.24, 2.45) is 0 Å². The van der Waals surface area contributed by atoms with Crippen LogP contribution in [0.3, 0.4) is 0 Å². The van der Waals surface area contributed by atoms with Gasteiger partial charge in [-0.1, -0.05) is 0 Å². The molecule has 0 fully saturated rings. The molecule has 2 aromatic rings. The van der Waals surface area contributed by atoms with Crippen LogP contribution < -0.4 is 5.32 Å². The van der Waals surface area contributed by atoms with E-state index in [1.165, 1.54) is 15.3 Å². The third kappa shape index (κ3) is 2.57. The predicted octanol–water partition coefficient (Wildman–Crippen LogP) is 3.37. The minimum atomic E-state index is 0.877. The van der Waals surface area contributed by atoms with E-state index in [4.69, 9.17) is 0 Å². The predicted molar refractivity (Wildman–Crippen MR) is 65.4 cm³/mol. The number of pyridine rings is 1. The van der Waals surface area contributed by atoms with Gasteiger partial charge in [0.1, 0.15) is 0 Å². The van der Waals surface area contributed by atoms with Crippen LogP contribution in [0.25, 0.3) is 0 Å². The van der Waals surface area contributed by atoms with Crippen LogP contribution in [0.5, 0.6) is 0 Å². The molecule has 0 aliphatic carbocycles. The number of rotatable bonds is 3. The summed E-state index contributed by atoms with van der Waals surface area (Å²) in [4.78, 5) is 6.83. The molecule has 0 aliphatic heterocycles. The molecule has 0 bridgehead atoms. The van der Waals surface area contributed by atoms with Crippen molar-refractivity contribution in [3.05, 3.63) is 45.9 Å². The topological polar surface area (TPSA) is 24.9 Å². The average Bonchev–Trinajstić information content (AvgIpc) is 2.56. The summed E-state index contributed by atoms with van der Waals surface area (Å²) < 4.78 is 0. The first-order valence-electron chi connectivity index (χ1n) is 4.95. The first kappa shape index (κ1) is 10.2. The number of anilines is 1. The molecule has 3 heteroatoms. The monoisotopic (exact) mass is 218 g/mol. The second kappa shape index (κ2) is 4.45. The molecule has 2 rings (SSSR count). The first-order chi connectivity index (χ1) is 7.25. The Kier molecular flexibility index (Phi) is 3.02. The Morgan fingerprint density at radius 1 is 1.40 bits per heavy atom. The Morgan fingerprint density at radius 2 is 2.27 bits per heavy atom. The van der Waals surface area contributed by atoms with Gasteiger partial charge in [0.05, 0.1) is 5.69 Å². The molecule has 2 heterocycles. The van der Waals surface area contributed by atoms with Crippen molar-refractivity contribution in [3.63, 3.8) is 0 Å². The summed E-state index contributed by atoms with van der Waals surface area (Å²) in [6, 6.07) is 6.21. The van der Waals surface area contributed by atoms with Gasteiger partial charge in [-0.25, -0.2) is 0 Å². The van der Waals surface area contributed by atoms with Crippen LogP contribution in [0.15, 0.2) is 30.6 Å². The van der Waals surface area contributed by atoms with Gasteiger partial charge in [-0.15, -0.1) is 11.3 Å². The van der Waals surface area contributed by atoms with Gasteiger partial charge in [0.15, 0.2) is 0 Å². The third-order valence-corrected chi connectivity index (χ3v) is 3.30. The summed E-state index contributed by atoms with van der Waals surface area (Å²) in [5.74, 6) is 0. The zero-order valence-corrected chi connectivity index (χ0v) is 9.77. The van der Waals surface area contributed by atoms with Crippen LogP contribution in [0.2, 0.25) is 0 Å². The lowest BCUT2D eigenvalue weighted by molar-refractivity contribution is 1.13. The van der Waals surface area contributed by atoms with E-state index >= 15 is 0 Å². The van der Waals surface area contributed by atoms with Crippen molar-refractivity contribution in [1.29, 1.82) is 0 Å². The zero-order chi connectivity index (χ0) is 10.7. The molecular formula is C12H14N2S. The lowest BCUT2D eigenvalue weighted by Crippen LogP contribution is -1.99. The maximum absolute atomic E-state index is 4.06. The fourth-order valence-electron chi connectivity index (χ4n) is 1.52. The Hall–Kier alpha value is -1.35. The number of nitrogens with zero attached hydrogens (tertiary/aromatic N) is 1. The highest BCUT2D eigenvalue weighted by molar-refractivity contribution is 7.12. The quantitative estimate of drug-likeness (QED) is 0.854. The van der Waals surface area contributed by atoms with E-state index in [1.54, 1.807) is 6.20 Å². The molecule has 2 aromatic heterocycles. The zero-order valence-electron chi connectivity index (χ0n) is 8.95. The second-order valence-corrected chi connectivity index (χ2v) is 4.99. The van der Waals surface area contributed by atoms with Crippen LogP contribution in [0, 0.1) is 13.8 Å². The molecule has 0 amide bonds. The number of nitrogens with one attached hydrogen (secondary N) is 1. The van der Waals surface area contributed by atoms with Crippen molar-refractivity contribution >= 4 is 17.0 Å². The van der Waals surface area contributed by atoms with E-state index in [0.717, 1.165) is 12.2 Å². The van der Waals surface area contributed by atoms with Crippen molar-refractivity contribution in [2.45, 2.75) is 20.4 Å². The maximum Gasteiger partial charge on any atom is 0.0529 e. The molecule has 15 heavy (non-hydrogen) atoms. The van der Waals surface area contributed by atoms with Gasteiger partial charge < -0.3 is 5.32 Å². The molecule has 0 aliphatic rings. The van der Waals surface area contributed by atoms with Gasteiger partial charge in [-0.2, -0.15) is 0 Å². The number of hydrogen-bond donors (Lipinski definition) is 1. The fourth-order valence-corrected chi connectivity index (χ4v) is 2.47. The summed E-state index contributed by atoms with van der Waals surface area (Å²) in [5, 5.41) is 3.36. The highest BCUT2D eigenvalue weighted by atomic mass is 32.1. The fraction of sp³-hybridized carbons (Fsp3) is 0.250. The largest absolute Gasteiger partial charge is 0.380 e. The van der Waals surface area contributed by atoms with Crippen LogP contribution in [-0.4, -0.2) is 4.98 Å². The van der Waals surface area contributed by atoms with Gasteiger partial charge >= 0.3 is 0 Å². The number of aromatic nitrogens is 1. The lowest BCUT2D eigenvalue weighted by Gasteiger charge is -2.04. The number of aryl methyl sites for hydroxylation is 2. The molecule has 0 saturated carbocycles. The molecule has 1 N–H and O–H groups in total. The van der Waals surface area contributed by atoms with Crippen LogP contribution in [0.4, 0.5) is 5.69 Å². The van der Waals surface area contributed by atoms with E-state index in [-0.39, 0.29) is 0 Å². The Balaban J connectivity index is 2.02. The van der Waals surface area contributed by atoms with Crippen LogP contribution in [-0.2, 0) is 6.54 Å². The third-order valence-electron chi connectivity index (χ3n) is 2.29. The van der Waals surface area contributed by atoms with E-state index in [0.29, 0.717) is 0 Å². The van der Waals surface area contributed by atoms with E-state index in [2.05, 4.69) is 30.2 Å². The summed E-state index contributed by atoms with van der Waals surface area (Å²) >= 11 is 1.85. The summed E-state index contributed by atoms with van der Waals surface area (Å²) in [7, 11) is 0. The lowest BCUT2D eigenvalue weighted by atomic mass is 10.2. The molecule has 0 radical (unpaired) electrons. The summed E-state index contributed by atoms with van der Waals surface area (Å²) in [6.45, 7) is 5.19. The van der Waals surface area contributed by atoms with Gasteiger partial charge in [-0.3, -0.25) is 4.98 Å². The summed E-state index contributed by atoms with van der Waals surface area (Å²) in [6.07, 6.45) is 3.62. The first-order valence-corrected chi connectivity index (χ1v) is 5.77. The molecule has 2 nitrogen and oxygen atoms in total. The smallest absolute Gasteiger partial charge is 0.0529 e. The van der Waals surface area contributed by atoms with Crippen LogP contribution >= 0.6 is 11.3 Å². The minimum Gasteiger partial charge on any atom is -0.380 e. The highest BCUT2D eigenvalue weighted by Gasteiger charge is 2.01. The van der Waals surface area contributed by atoms with Crippen molar-refractivity contribution in [3.8, 4) is 0 Å². The second-order valence-electron chi connectivity index (χ2n) is 3.53. The Labute approximate surface area is 94.0 Å². The molecular weight excluding hydrogens is 204 g/mol. The number of hydrogen-bond acceptors (Lipinski definition) is 3. The van der Waals surface area contributed by atoms with E-state index in [1.807, 2.05) is 29.7 Å². The van der Waals surface area contributed by atoms with Gasteiger partial charge in [-0.05, 0) is 37.6 Å². The van der Waals surface area contributed by atoms with Gasteiger partial charge in [0, 0.05) is 28.7 Å². The van der Waals surface area contributed by atoms with Gasteiger partial charge in [0.25, 0.3) is 0 Å². The molecule has 0 atom stereocenters. The molecule has 0 spiro atoms. The van der Waals surface area contributed by atoms with Crippen molar-refractivity contribution < 1.29 is 0 Å². The van der Waals surface area contributed by atoms with Crippen LogP contribution in [0.1, 0.15) is 15.3 Å². The summed E-state index contributed by atoms with van der Waals surface area (Å²) in [5.41, 5.74) is 2.45. The maximum atomic E-state index is 4.06. The minimum absolute atomic E-state index is 0.877. The standard InChI is InChI=1S/C12H14N2S/c1-9-6-11(10(2)15-9)7-14-12-4-3-5-13-8-12/h3-6,8,14H,7H2,1-2H3. The molecule has 0 saturated heterocycles. The SMILES string of the molecule is Cc1cc(CNc2cccnc2)c(C)s1. The van der Waals surface area contributed by atoms with Gasteiger partial charge in [0.2, 0.25) is 0 Å². The highest BCUT2D eigenvalue weighted by Crippen LogP contribution is 2.21. The van der Waals surface area contributed by atoms with E-state index in [9.17, 15) is 0 Å². The molecule has 78 valence electrons.